The number of aromatic hydroxyl groups is 1. The normalized spacial score (nSPS) is 10.8. The quantitative estimate of drug-likeness (QED) is 0.709. The van der Waals surface area contributed by atoms with Crippen molar-refractivity contribution < 1.29 is 5.11 Å². The van der Waals surface area contributed by atoms with Crippen molar-refractivity contribution in [2.75, 3.05) is 0 Å². The molecule has 0 spiro atoms. The third-order valence-electron chi connectivity index (χ3n) is 2.01. The van der Waals surface area contributed by atoms with Gasteiger partial charge in [-0.2, -0.15) is 0 Å². The van der Waals surface area contributed by atoms with Crippen LogP contribution in [0.5, 0.6) is 5.75 Å². The third-order valence-corrected chi connectivity index (χ3v) is 2.51. The molecule has 0 amide bonds. The summed E-state index contributed by atoms with van der Waals surface area (Å²) in [5, 5.41) is 10.0. The van der Waals surface area contributed by atoms with Gasteiger partial charge in [-0.15, -0.1) is 0 Å². The van der Waals surface area contributed by atoms with Crippen molar-refractivity contribution in [1.82, 2.24) is 0 Å². The van der Waals surface area contributed by atoms with Gasteiger partial charge in [-0.05, 0) is 24.5 Å². The van der Waals surface area contributed by atoms with E-state index in [0.29, 0.717) is 10.9 Å². The minimum Gasteiger partial charge on any atom is -0.508 e. The zero-order chi connectivity index (χ0) is 9.30. The number of phenolic OH excluding ortho intramolecular Hbond substituents is 1. The number of hydrogen-bond donors (Lipinski definition) is 1. The molecule has 0 aliphatic heterocycles. The molecule has 0 atom stereocenters. The number of halogens is 1. The van der Waals surface area contributed by atoms with E-state index >= 15 is 0 Å². The maximum atomic E-state index is 9.32. The van der Waals surface area contributed by atoms with Crippen LogP contribution in [-0.2, 0) is 0 Å². The van der Waals surface area contributed by atoms with Crippen LogP contribution in [0.25, 0.3) is 0 Å². The maximum Gasteiger partial charge on any atom is 0.119 e. The lowest BCUT2D eigenvalue weighted by molar-refractivity contribution is 0.471. The van der Waals surface area contributed by atoms with Gasteiger partial charge in [0.1, 0.15) is 5.75 Å². The van der Waals surface area contributed by atoms with E-state index in [1.807, 2.05) is 13.0 Å². The highest BCUT2D eigenvalue weighted by atomic mass is 35.5. The Balaban J connectivity index is 3.27. The van der Waals surface area contributed by atoms with Crippen LogP contribution in [0.1, 0.15) is 30.9 Å². The van der Waals surface area contributed by atoms with Gasteiger partial charge in [0.25, 0.3) is 0 Å². The molecule has 1 nitrogen and oxygen atoms in total. The Hall–Kier alpha value is -0.690. The fourth-order valence-corrected chi connectivity index (χ4v) is 1.52. The van der Waals surface area contributed by atoms with E-state index in [0.717, 1.165) is 11.1 Å². The number of hydrogen-bond acceptors (Lipinski definition) is 1. The van der Waals surface area contributed by atoms with Crippen molar-refractivity contribution in [2.45, 2.75) is 26.7 Å². The van der Waals surface area contributed by atoms with E-state index in [4.69, 9.17) is 11.6 Å². The SMILES string of the molecule is Cc1c(O)ccc(C(C)C)c1Cl. The molecule has 1 aromatic carbocycles. The van der Waals surface area contributed by atoms with Gasteiger partial charge in [0.15, 0.2) is 0 Å². The molecule has 0 fully saturated rings. The highest BCUT2D eigenvalue weighted by Crippen LogP contribution is 2.32. The summed E-state index contributed by atoms with van der Waals surface area (Å²) in [6.07, 6.45) is 0. The predicted molar refractivity (Wildman–Crippen MR) is 51.9 cm³/mol. The van der Waals surface area contributed by atoms with E-state index in [1.54, 1.807) is 6.07 Å². The van der Waals surface area contributed by atoms with Gasteiger partial charge in [-0.3, -0.25) is 0 Å². The van der Waals surface area contributed by atoms with Gasteiger partial charge in [0, 0.05) is 5.56 Å². The Morgan fingerprint density at radius 1 is 1.33 bits per heavy atom. The first-order chi connectivity index (χ1) is 5.54. The van der Waals surface area contributed by atoms with E-state index in [2.05, 4.69) is 13.8 Å². The van der Waals surface area contributed by atoms with Gasteiger partial charge >= 0.3 is 0 Å². The summed E-state index contributed by atoms with van der Waals surface area (Å²) in [7, 11) is 0. The van der Waals surface area contributed by atoms with Crippen molar-refractivity contribution in [2.24, 2.45) is 0 Å². The first-order valence-corrected chi connectivity index (χ1v) is 4.39. The molecule has 0 radical (unpaired) electrons. The highest BCUT2D eigenvalue weighted by Gasteiger charge is 2.09. The maximum absolute atomic E-state index is 9.32. The molecule has 0 aromatic heterocycles. The van der Waals surface area contributed by atoms with Crippen LogP contribution in [0.3, 0.4) is 0 Å². The van der Waals surface area contributed by atoms with Crippen LogP contribution in [0, 0.1) is 6.92 Å². The van der Waals surface area contributed by atoms with Gasteiger partial charge in [0.05, 0.1) is 5.02 Å². The van der Waals surface area contributed by atoms with E-state index in [-0.39, 0.29) is 5.75 Å². The van der Waals surface area contributed by atoms with Crippen molar-refractivity contribution in [1.29, 1.82) is 0 Å². The monoisotopic (exact) mass is 184 g/mol. The molecule has 0 unspecified atom stereocenters. The third kappa shape index (κ3) is 1.56. The van der Waals surface area contributed by atoms with Crippen molar-refractivity contribution in [3.05, 3.63) is 28.3 Å². The van der Waals surface area contributed by atoms with Crippen LogP contribution in [-0.4, -0.2) is 5.11 Å². The zero-order valence-corrected chi connectivity index (χ0v) is 8.31. The largest absolute Gasteiger partial charge is 0.508 e. The average Bonchev–Trinajstić information content (AvgIpc) is 2.00. The number of benzene rings is 1. The van der Waals surface area contributed by atoms with E-state index in [1.165, 1.54) is 0 Å². The minimum absolute atomic E-state index is 0.268. The second-order valence-corrected chi connectivity index (χ2v) is 3.65. The van der Waals surface area contributed by atoms with Crippen LogP contribution < -0.4 is 0 Å². The molecule has 66 valence electrons. The Morgan fingerprint density at radius 3 is 2.42 bits per heavy atom. The Labute approximate surface area is 78.0 Å². The molecule has 0 saturated heterocycles. The van der Waals surface area contributed by atoms with Crippen LogP contribution in [0.2, 0.25) is 5.02 Å². The summed E-state index contributed by atoms with van der Waals surface area (Å²) < 4.78 is 0. The molecule has 2 heteroatoms. The highest BCUT2D eigenvalue weighted by molar-refractivity contribution is 6.32. The number of phenols is 1. The van der Waals surface area contributed by atoms with Crippen molar-refractivity contribution in [3.8, 4) is 5.75 Å². The molecule has 12 heavy (non-hydrogen) atoms. The Kier molecular flexibility index (Phi) is 2.63. The predicted octanol–water partition coefficient (Wildman–Crippen LogP) is 3.48. The molecule has 0 aliphatic rings. The zero-order valence-electron chi connectivity index (χ0n) is 7.56. The topological polar surface area (TPSA) is 20.2 Å². The lowest BCUT2D eigenvalue weighted by Gasteiger charge is -2.10. The fraction of sp³-hybridized carbons (Fsp3) is 0.400. The smallest absolute Gasteiger partial charge is 0.119 e. The van der Waals surface area contributed by atoms with Crippen LogP contribution in [0.4, 0.5) is 0 Å². The second kappa shape index (κ2) is 3.36. The fourth-order valence-electron chi connectivity index (χ4n) is 1.14. The summed E-state index contributed by atoms with van der Waals surface area (Å²) in [5.41, 5.74) is 1.86. The van der Waals surface area contributed by atoms with E-state index in [9.17, 15) is 5.11 Å². The van der Waals surface area contributed by atoms with Crippen LogP contribution in [0.15, 0.2) is 12.1 Å². The Morgan fingerprint density at radius 2 is 1.92 bits per heavy atom. The second-order valence-electron chi connectivity index (χ2n) is 3.27. The van der Waals surface area contributed by atoms with E-state index < -0.39 is 0 Å². The number of rotatable bonds is 1. The molecule has 1 N–H and O–H groups in total. The molecule has 0 saturated carbocycles. The standard InChI is InChI=1S/C10H13ClO/c1-6(2)8-4-5-9(12)7(3)10(8)11/h4-6,12H,1-3H3. The molecular formula is C10H13ClO. The lowest BCUT2D eigenvalue weighted by atomic mass is 10.0. The summed E-state index contributed by atoms with van der Waals surface area (Å²) in [6, 6.07) is 3.56. The first kappa shape index (κ1) is 9.40. The lowest BCUT2D eigenvalue weighted by Crippen LogP contribution is -1.90. The first-order valence-electron chi connectivity index (χ1n) is 4.02. The summed E-state index contributed by atoms with van der Waals surface area (Å²) >= 11 is 6.03. The summed E-state index contributed by atoms with van der Waals surface area (Å²) in [6.45, 7) is 5.99. The molecule has 0 aliphatic carbocycles. The van der Waals surface area contributed by atoms with Crippen molar-refractivity contribution >= 4 is 11.6 Å². The molecular weight excluding hydrogens is 172 g/mol. The van der Waals surface area contributed by atoms with Gasteiger partial charge in [-0.1, -0.05) is 31.5 Å². The molecule has 0 heterocycles. The molecule has 1 rings (SSSR count). The van der Waals surface area contributed by atoms with Crippen molar-refractivity contribution in [3.63, 3.8) is 0 Å². The van der Waals surface area contributed by atoms with Gasteiger partial charge < -0.3 is 5.11 Å². The minimum atomic E-state index is 0.268. The Bertz CT molecular complexity index is 292. The van der Waals surface area contributed by atoms with Crippen LogP contribution >= 0.6 is 11.6 Å². The summed E-state index contributed by atoms with van der Waals surface area (Å²) in [5.74, 6) is 0.668. The molecule has 1 aromatic rings. The van der Waals surface area contributed by atoms with Gasteiger partial charge in [-0.25, -0.2) is 0 Å². The average molecular weight is 185 g/mol. The van der Waals surface area contributed by atoms with Gasteiger partial charge in [0.2, 0.25) is 0 Å². The summed E-state index contributed by atoms with van der Waals surface area (Å²) in [4.78, 5) is 0. The molecule has 0 bridgehead atoms.